The van der Waals surface area contributed by atoms with Gasteiger partial charge in [-0.3, -0.25) is 9.10 Å². The van der Waals surface area contributed by atoms with E-state index in [9.17, 15) is 13.2 Å². The molecule has 0 aliphatic heterocycles. The average Bonchev–Trinajstić information content (AvgIpc) is 2.66. The Morgan fingerprint density at radius 2 is 1.74 bits per heavy atom. The van der Waals surface area contributed by atoms with Gasteiger partial charge < -0.3 is 10.1 Å². The van der Waals surface area contributed by atoms with Gasteiger partial charge in [0.15, 0.2) is 6.10 Å². The number of benzene rings is 2. The second-order valence-electron chi connectivity index (χ2n) is 6.27. The number of ether oxygens (including phenoxy) is 1. The Kier molecular flexibility index (Phi) is 7.24. The van der Waals surface area contributed by atoms with E-state index in [1.165, 1.54) is 11.4 Å². The van der Waals surface area contributed by atoms with Gasteiger partial charge in [0.1, 0.15) is 5.75 Å². The van der Waals surface area contributed by atoms with Crippen molar-refractivity contribution in [3.05, 3.63) is 60.2 Å². The fraction of sp³-hybridized carbons (Fsp3) is 0.350. The van der Waals surface area contributed by atoms with Gasteiger partial charge in [0.05, 0.1) is 11.9 Å². The zero-order valence-corrected chi connectivity index (χ0v) is 16.7. The summed E-state index contributed by atoms with van der Waals surface area (Å²) in [6.45, 7) is 2.42. The maximum absolute atomic E-state index is 12.4. The van der Waals surface area contributed by atoms with Gasteiger partial charge in [0.25, 0.3) is 5.91 Å². The molecule has 1 atom stereocenters. The number of anilines is 1. The summed E-state index contributed by atoms with van der Waals surface area (Å²) in [6.07, 6.45) is 1.83. The van der Waals surface area contributed by atoms with Gasteiger partial charge in [-0.15, -0.1) is 0 Å². The highest BCUT2D eigenvalue weighted by Gasteiger charge is 2.18. The Hall–Kier alpha value is -2.54. The smallest absolute Gasteiger partial charge is 0.261 e. The lowest BCUT2D eigenvalue weighted by atomic mass is 10.1. The first-order valence-corrected chi connectivity index (χ1v) is 10.7. The Bertz CT molecular complexity index is 836. The van der Waals surface area contributed by atoms with E-state index in [0.29, 0.717) is 24.4 Å². The fourth-order valence-corrected chi connectivity index (χ4v) is 3.01. The van der Waals surface area contributed by atoms with Crippen LogP contribution in [-0.2, 0) is 21.2 Å². The highest BCUT2D eigenvalue weighted by Crippen LogP contribution is 2.21. The van der Waals surface area contributed by atoms with Gasteiger partial charge >= 0.3 is 0 Å². The van der Waals surface area contributed by atoms with Crippen molar-refractivity contribution in [3.63, 3.8) is 0 Å². The van der Waals surface area contributed by atoms with Gasteiger partial charge in [-0.25, -0.2) is 8.42 Å². The summed E-state index contributed by atoms with van der Waals surface area (Å²) in [5.41, 5.74) is 1.70. The zero-order valence-electron chi connectivity index (χ0n) is 15.9. The van der Waals surface area contributed by atoms with Crippen LogP contribution in [0, 0.1) is 0 Å². The summed E-state index contributed by atoms with van der Waals surface area (Å²) in [4.78, 5) is 12.4. The summed E-state index contributed by atoms with van der Waals surface area (Å²) >= 11 is 0. The number of rotatable bonds is 9. The molecule has 0 aromatic heterocycles. The van der Waals surface area contributed by atoms with Gasteiger partial charge in [0, 0.05) is 13.6 Å². The summed E-state index contributed by atoms with van der Waals surface area (Å²) in [6, 6.07) is 16.6. The molecule has 146 valence electrons. The molecule has 6 nitrogen and oxygen atoms in total. The SMILES string of the molecule is CCC(Oc1ccc(N(C)S(C)(=O)=O)cc1)C(=O)NCCc1ccccc1. The monoisotopic (exact) mass is 390 g/mol. The third-order valence-electron chi connectivity index (χ3n) is 4.20. The number of nitrogens with one attached hydrogen (secondary N) is 1. The second kappa shape index (κ2) is 9.41. The lowest BCUT2D eigenvalue weighted by Gasteiger charge is -2.19. The van der Waals surface area contributed by atoms with E-state index < -0.39 is 16.1 Å². The predicted octanol–water partition coefficient (Wildman–Crippen LogP) is 2.60. The van der Waals surface area contributed by atoms with Crippen LogP contribution in [0.3, 0.4) is 0 Å². The zero-order chi connectivity index (χ0) is 19.9. The standard InChI is InChI=1S/C20H26N2O4S/c1-4-19(20(23)21-15-14-16-8-6-5-7-9-16)26-18-12-10-17(11-13-18)22(2)27(3,24)25/h5-13,19H,4,14-15H2,1-3H3,(H,21,23). The maximum Gasteiger partial charge on any atom is 0.261 e. The largest absolute Gasteiger partial charge is 0.481 e. The van der Waals surface area contributed by atoms with Crippen LogP contribution in [0.4, 0.5) is 5.69 Å². The van der Waals surface area contributed by atoms with Crippen molar-refractivity contribution in [2.24, 2.45) is 0 Å². The molecule has 27 heavy (non-hydrogen) atoms. The molecule has 1 unspecified atom stereocenters. The Labute approximate surface area is 161 Å². The molecule has 0 fully saturated rings. The van der Waals surface area contributed by atoms with Crippen molar-refractivity contribution in [2.45, 2.75) is 25.9 Å². The van der Waals surface area contributed by atoms with Crippen LogP contribution in [0.5, 0.6) is 5.75 Å². The van der Waals surface area contributed by atoms with Crippen LogP contribution >= 0.6 is 0 Å². The predicted molar refractivity (Wildman–Crippen MR) is 108 cm³/mol. The molecule has 0 radical (unpaired) electrons. The van der Waals surface area contributed by atoms with Crippen LogP contribution in [-0.4, -0.2) is 40.3 Å². The number of carbonyl (C=O) groups is 1. The molecule has 7 heteroatoms. The van der Waals surface area contributed by atoms with Crippen LogP contribution in [0.15, 0.2) is 54.6 Å². The molecule has 0 aliphatic carbocycles. The number of hydrogen-bond donors (Lipinski definition) is 1. The van der Waals surface area contributed by atoms with Gasteiger partial charge in [-0.2, -0.15) is 0 Å². The summed E-state index contributed by atoms with van der Waals surface area (Å²) < 4.78 is 30.1. The van der Waals surface area contributed by atoms with E-state index in [-0.39, 0.29) is 5.91 Å². The first-order chi connectivity index (χ1) is 12.8. The normalized spacial score (nSPS) is 12.3. The minimum Gasteiger partial charge on any atom is -0.481 e. The minimum absolute atomic E-state index is 0.161. The molecule has 1 N–H and O–H groups in total. The van der Waals surface area contributed by atoms with E-state index in [1.54, 1.807) is 24.3 Å². The number of nitrogens with zero attached hydrogens (tertiary/aromatic N) is 1. The molecule has 2 rings (SSSR count). The van der Waals surface area contributed by atoms with Crippen molar-refractivity contribution in [3.8, 4) is 5.75 Å². The number of amides is 1. The second-order valence-corrected chi connectivity index (χ2v) is 8.28. The van der Waals surface area contributed by atoms with Crippen molar-refractivity contribution < 1.29 is 17.9 Å². The molecular weight excluding hydrogens is 364 g/mol. The molecule has 0 aliphatic rings. The number of carbonyl (C=O) groups excluding carboxylic acids is 1. The first-order valence-electron chi connectivity index (χ1n) is 8.83. The number of hydrogen-bond acceptors (Lipinski definition) is 4. The van der Waals surface area contributed by atoms with E-state index in [2.05, 4.69) is 5.32 Å². The van der Waals surface area contributed by atoms with Gasteiger partial charge in [-0.05, 0) is 42.7 Å². The topological polar surface area (TPSA) is 75.7 Å². The summed E-state index contributed by atoms with van der Waals surface area (Å²) in [5, 5.41) is 2.90. The fourth-order valence-electron chi connectivity index (χ4n) is 2.50. The van der Waals surface area contributed by atoms with Crippen molar-refractivity contribution in [1.82, 2.24) is 5.32 Å². The van der Waals surface area contributed by atoms with Crippen molar-refractivity contribution in [1.29, 1.82) is 0 Å². The third-order valence-corrected chi connectivity index (χ3v) is 5.40. The average molecular weight is 391 g/mol. The van der Waals surface area contributed by atoms with Gasteiger partial charge in [-0.1, -0.05) is 37.3 Å². The first kappa shape index (κ1) is 20.8. The lowest BCUT2D eigenvalue weighted by Crippen LogP contribution is -2.38. The van der Waals surface area contributed by atoms with Crippen LogP contribution < -0.4 is 14.4 Å². The Morgan fingerprint density at radius 1 is 1.11 bits per heavy atom. The number of sulfonamides is 1. The van der Waals surface area contributed by atoms with E-state index in [0.717, 1.165) is 18.2 Å². The summed E-state index contributed by atoms with van der Waals surface area (Å²) in [7, 11) is -1.83. The molecule has 0 heterocycles. The van der Waals surface area contributed by atoms with Crippen molar-refractivity contribution in [2.75, 3.05) is 24.2 Å². The summed E-state index contributed by atoms with van der Waals surface area (Å²) in [5.74, 6) is 0.358. The highest BCUT2D eigenvalue weighted by atomic mass is 32.2. The molecule has 0 saturated heterocycles. The molecular formula is C20H26N2O4S. The van der Waals surface area contributed by atoms with Crippen LogP contribution in [0.25, 0.3) is 0 Å². The van der Waals surface area contributed by atoms with Gasteiger partial charge in [0.2, 0.25) is 10.0 Å². The van der Waals surface area contributed by atoms with Crippen LogP contribution in [0.1, 0.15) is 18.9 Å². The minimum atomic E-state index is -3.31. The molecule has 2 aromatic carbocycles. The van der Waals surface area contributed by atoms with Crippen LogP contribution in [0.2, 0.25) is 0 Å². The van der Waals surface area contributed by atoms with E-state index in [1.807, 2.05) is 37.3 Å². The van der Waals surface area contributed by atoms with E-state index >= 15 is 0 Å². The molecule has 0 spiro atoms. The quantitative estimate of drug-likeness (QED) is 0.714. The molecule has 2 aromatic rings. The van der Waals surface area contributed by atoms with Crippen molar-refractivity contribution >= 4 is 21.6 Å². The lowest BCUT2D eigenvalue weighted by molar-refractivity contribution is -0.128. The Morgan fingerprint density at radius 3 is 2.30 bits per heavy atom. The molecule has 0 saturated carbocycles. The highest BCUT2D eigenvalue weighted by molar-refractivity contribution is 7.92. The van der Waals surface area contributed by atoms with E-state index in [4.69, 9.17) is 4.74 Å². The molecule has 1 amide bonds. The Balaban J connectivity index is 1.90. The third kappa shape index (κ3) is 6.29. The molecule has 0 bridgehead atoms. The maximum atomic E-state index is 12.4.